The lowest BCUT2D eigenvalue weighted by atomic mass is 9.99. The van der Waals surface area contributed by atoms with Crippen LogP contribution in [0.25, 0.3) is 0 Å². The Morgan fingerprint density at radius 1 is 1.24 bits per heavy atom. The van der Waals surface area contributed by atoms with E-state index in [0.29, 0.717) is 13.2 Å². The quantitative estimate of drug-likeness (QED) is 0.815. The normalized spacial score (nSPS) is 22.8. The molecule has 0 N–H and O–H groups in total. The Bertz CT molecular complexity index is 595. The largest absolute Gasteiger partial charge is 0.444 e. The first-order valence-corrected chi connectivity index (χ1v) is 8.96. The van der Waals surface area contributed by atoms with Crippen LogP contribution < -0.4 is 4.90 Å². The van der Waals surface area contributed by atoms with Crippen LogP contribution >= 0.6 is 0 Å². The van der Waals surface area contributed by atoms with E-state index in [2.05, 4.69) is 30.9 Å². The van der Waals surface area contributed by atoms with Gasteiger partial charge in [-0.05, 0) is 60.6 Å². The molecule has 25 heavy (non-hydrogen) atoms. The number of hydrogen-bond donors (Lipinski definition) is 0. The van der Waals surface area contributed by atoms with E-state index in [0.717, 1.165) is 12.2 Å². The van der Waals surface area contributed by atoms with Crippen LogP contribution in [0.15, 0.2) is 30.3 Å². The summed E-state index contributed by atoms with van der Waals surface area (Å²) in [6, 6.07) is 10.2. The number of likely N-dealkylation sites (N-methyl/N-ethyl adjacent to an activating group) is 1. The van der Waals surface area contributed by atoms with Crippen molar-refractivity contribution in [1.82, 2.24) is 4.90 Å². The Kier molecular flexibility index (Phi) is 5.38. The van der Waals surface area contributed by atoms with Crippen molar-refractivity contribution in [2.75, 3.05) is 24.6 Å². The molecule has 0 bridgehead atoms. The van der Waals surface area contributed by atoms with Gasteiger partial charge in [0.15, 0.2) is 0 Å². The van der Waals surface area contributed by atoms with Crippen LogP contribution in [-0.2, 0) is 9.47 Å². The lowest BCUT2D eigenvalue weighted by molar-refractivity contribution is -0.0674. The van der Waals surface area contributed by atoms with E-state index < -0.39 is 16.9 Å². The molecule has 0 aromatic heterocycles. The van der Waals surface area contributed by atoms with Gasteiger partial charge in [0.05, 0.1) is 12.1 Å². The molecule has 0 aliphatic carbocycles. The molecule has 1 heterocycles. The van der Waals surface area contributed by atoms with Crippen LogP contribution in [0.3, 0.4) is 0 Å². The number of para-hydroxylation sites is 1. The van der Waals surface area contributed by atoms with E-state index in [1.165, 1.54) is 0 Å². The average molecular weight is 348 g/mol. The minimum absolute atomic E-state index is 0.332. The van der Waals surface area contributed by atoms with Gasteiger partial charge in [-0.1, -0.05) is 18.2 Å². The highest BCUT2D eigenvalue weighted by molar-refractivity contribution is 5.70. The van der Waals surface area contributed by atoms with Crippen molar-refractivity contribution in [3.8, 4) is 0 Å². The van der Waals surface area contributed by atoms with E-state index in [9.17, 15) is 4.79 Å². The molecule has 2 rings (SSSR count). The minimum Gasteiger partial charge on any atom is -0.444 e. The minimum atomic E-state index is -0.701. The molecule has 5 nitrogen and oxygen atoms in total. The molecule has 1 aromatic carbocycles. The van der Waals surface area contributed by atoms with Gasteiger partial charge in [0.25, 0.3) is 0 Å². The van der Waals surface area contributed by atoms with E-state index in [-0.39, 0.29) is 6.09 Å². The summed E-state index contributed by atoms with van der Waals surface area (Å²) in [4.78, 5) is 16.9. The third-order valence-electron chi connectivity index (χ3n) is 4.43. The van der Waals surface area contributed by atoms with Crippen molar-refractivity contribution < 1.29 is 14.3 Å². The number of anilines is 1. The fourth-order valence-corrected chi connectivity index (χ4v) is 3.41. The van der Waals surface area contributed by atoms with E-state index in [1.54, 1.807) is 4.90 Å². The molecular weight excluding hydrogens is 316 g/mol. The monoisotopic (exact) mass is 348 g/mol. The van der Waals surface area contributed by atoms with Crippen LogP contribution in [0.5, 0.6) is 0 Å². The van der Waals surface area contributed by atoms with Gasteiger partial charge < -0.3 is 14.4 Å². The summed E-state index contributed by atoms with van der Waals surface area (Å²) in [5.41, 5.74) is -0.578. The second-order valence-corrected chi connectivity index (χ2v) is 8.40. The lowest BCUT2D eigenvalue weighted by Crippen LogP contribution is -2.59. The fraction of sp³-hybridized carbons (Fsp3) is 0.650. The molecule has 1 atom stereocenters. The highest BCUT2D eigenvalue weighted by Crippen LogP contribution is 2.37. The highest BCUT2D eigenvalue weighted by Gasteiger charge is 2.53. The number of amides is 1. The number of ether oxygens (including phenoxy) is 2. The van der Waals surface area contributed by atoms with Gasteiger partial charge in [0.2, 0.25) is 0 Å². The Labute approximate surface area is 151 Å². The zero-order chi connectivity index (χ0) is 18.9. The SMILES string of the molecule is CCN(CC1(C)COC(C)(C)N1C(=O)OC(C)(C)C)c1ccccc1. The van der Waals surface area contributed by atoms with Gasteiger partial charge >= 0.3 is 6.09 Å². The van der Waals surface area contributed by atoms with Crippen LogP contribution in [0.4, 0.5) is 10.5 Å². The van der Waals surface area contributed by atoms with Gasteiger partial charge in [0, 0.05) is 18.8 Å². The predicted octanol–water partition coefficient (Wildman–Crippen LogP) is 4.28. The van der Waals surface area contributed by atoms with Gasteiger partial charge in [-0.15, -0.1) is 0 Å². The topological polar surface area (TPSA) is 42.0 Å². The molecule has 1 amide bonds. The fourth-order valence-electron chi connectivity index (χ4n) is 3.41. The maximum Gasteiger partial charge on any atom is 0.413 e. The van der Waals surface area contributed by atoms with Crippen molar-refractivity contribution in [2.45, 2.75) is 65.3 Å². The van der Waals surface area contributed by atoms with Crippen molar-refractivity contribution in [3.63, 3.8) is 0 Å². The standard InChI is InChI=1S/C20H32N2O3/c1-8-21(16-12-10-9-11-13-16)14-20(7)15-24-19(5,6)22(20)17(23)25-18(2,3)4/h9-13H,8,14-15H2,1-7H3. The summed E-state index contributed by atoms with van der Waals surface area (Å²) in [5.74, 6) is 0. The smallest absolute Gasteiger partial charge is 0.413 e. The second-order valence-electron chi connectivity index (χ2n) is 8.40. The molecule has 1 aromatic rings. The molecule has 1 aliphatic rings. The number of carbonyl (C=O) groups excluding carboxylic acids is 1. The third-order valence-corrected chi connectivity index (χ3v) is 4.43. The first kappa shape index (κ1) is 19.6. The summed E-state index contributed by atoms with van der Waals surface area (Å²) in [6.45, 7) is 15.7. The molecule has 1 unspecified atom stereocenters. The molecule has 1 saturated heterocycles. The van der Waals surface area contributed by atoms with Crippen LogP contribution in [-0.4, -0.2) is 47.6 Å². The Morgan fingerprint density at radius 2 is 1.84 bits per heavy atom. The lowest BCUT2D eigenvalue weighted by Gasteiger charge is -2.42. The molecule has 0 spiro atoms. The number of rotatable bonds is 4. The van der Waals surface area contributed by atoms with Crippen LogP contribution in [0.2, 0.25) is 0 Å². The van der Waals surface area contributed by atoms with Crippen LogP contribution in [0.1, 0.15) is 48.5 Å². The van der Waals surface area contributed by atoms with Crippen molar-refractivity contribution in [1.29, 1.82) is 0 Å². The molecule has 5 heteroatoms. The van der Waals surface area contributed by atoms with Gasteiger partial charge in [-0.3, -0.25) is 4.90 Å². The van der Waals surface area contributed by atoms with Crippen molar-refractivity contribution in [3.05, 3.63) is 30.3 Å². The maximum absolute atomic E-state index is 12.9. The number of carbonyl (C=O) groups is 1. The van der Waals surface area contributed by atoms with E-state index in [1.807, 2.05) is 52.8 Å². The summed E-state index contributed by atoms with van der Waals surface area (Å²) >= 11 is 0. The zero-order valence-corrected chi connectivity index (χ0v) is 16.6. The molecule has 1 fully saturated rings. The average Bonchev–Trinajstić information content (AvgIpc) is 2.74. The zero-order valence-electron chi connectivity index (χ0n) is 16.6. The number of benzene rings is 1. The van der Waals surface area contributed by atoms with E-state index >= 15 is 0 Å². The van der Waals surface area contributed by atoms with Crippen LogP contribution in [0, 0.1) is 0 Å². The van der Waals surface area contributed by atoms with Crippen molar-refractivity contribution in [2.24, 2.45) is 0 Å². The molecule has 1 aliphatic heterocycles. The molecular formula is C20H32N2O3. The summed E-state index contributed by atoms with van der Waals surface area (Å²) < 4.78 is 11.6. The van der Waals surface area contributed by atoms with Gasteiger partial charge in [-0.25, -0.2) is 4.79 Å². The summed E-state index contributed by atoms with van der Waals surface area (Å²) in [5, 5.41) is 0. The number of nitrogens with zero attached hydrogens (tertiary/aromatic N) is 2. The molecule has 0 saturated carbocycles. The van der Waals surface area contributed by atoms with Crippen molar-refractivity contribution >= 4 is 11.8 Å². The highest BCUT2D eigenvalue weighted by atomic mass is 16.6. The Balaban J connectivity index is 2.28. The maximum atomic E-state index is 12.9. The summed E-state index contributed by atoms with van der Waals surface area (Å²) in [7, 11) is 0. The Morgan fingerprint density at radius 3 is 2.36 bits per heavy atom. The van der Waals surface area contributed by atoms with Gasteiger partial charge in [-0.2, -0.15) is 0 Å². The predicted molar refractivity (Wildman–Crippen MR) is 101 cm³/mol. The molecule has 140 valence electrons. The third kappa shape index (κ3) is 4.46. The van der Waals surface area contributed by atoms with E-state index in [4.69, 9.17) is 9.47 Å². The van der Waals surface area contributed by atoms with Gasteiger partial charge in [0.1, 0.15) is 11.3 Å². The first-order valence-electron chi connectivity index (χ1n) is 8.96. The molecule has 0 radical (unpaired) electrons. The Hall–Kier alpha value is -1.75. The first-order chi connectivity index (χ1) is 11.5. The summed E-state index contributed by atoms with van der Waals surface area (Å²) in [6.07, 6.45) is -0.332. The number of hydrogen-bond acceptors (Lipinski definition) is 4. The second kappa shape index (κ2) is 6.87.